The highest BCUT2D eigenvalue weighted by molar-refractivity contribution is 5.59. The average molecular weight is 267 g/mol. The van der Waals surface area contributed by atoms with Gasteiger partial charge < -0.3 is 5.32 Å². The minimum atomic E-state index is -1.57. The molecule has 0 aliphatic rings. The number of hydrogen-bond donors (Lipinski definition) is 1. The lowest BCUT2D eigenvalue weighted by molar-refractivity contribution is 0.459. The van der Waals surface area contributed by atoms with E-state index in [0.29, 0.717) is 0 Å². The fourth-order valence-electron chi connectivity index (χ4n) is 1.38. The van der Waals surface area contributed by atoms with Crippen LogP contribution in [0.25, 0.3) is 0 Å². The first-order valence-corrected chi connectivity index (χ1v) is 4.99. The van der Waals surface area contributed by atoms with Crippen LogP contribution in [0.1, 0.15) is 5.56 Å². The van der Waals surface area contributed by atoms with Gasteiger partial charge in [0, 0.05) is 12.3 Å². The molecule has 1 N–H and O–H groups in total. The summed E-state index contributed by atoms with van der Waals surface area (Å²) in [6.45, 7) is 0. The molecule has 2 rings (SSSR count). The summed E-state index contributed by atoms with van der Waals surface area (Å²) in [5.74, 6) is -6.30. The van der Waals surface area contributed by atoms with Gasteiger partial charge in [0.15, 0.2) is 23.3 Å². The monoisotopic (exact) mass is 267 g/mol. The molecule has 1 heterocycles. The fraction of sp³-hybridized carbons (Fsp3) is 0. The standard InChI is InChI=1S/C12H5F4N3/c13-7-4-8(14)11(16)12(10(7)15)19-9-3-6(5-17)1-2-18-9/h1-4H,(H,18,19). The molecule has 0 radical (unpaired) electrons. The van der Waals surface area contributed by atoms with Crippen LogP contribution in [0.5, 0.6) is 0 Å². The average Bonchev–Trinajstić information content (AvgIpc) is 2.41. The Balaban J connectivity index is 2.46. The van der Waals surface area contributed by atoms with Crippen LogP contribution in [-0.4, -0.2) is 4.98 Å². The minimum absolute atomic E-state index is 0.106. The van der Waals surface area contributed by atoms with E-state index in [1.807, 2.05) is 0 Å². The van der Waals surface area contributed by atoms with Gasteiger partial charge in [-0.15, -0.1) is 0 Å². The predicted molar refractivity (Wildman–Crippen MR) is 58.5 cm³/mol. The molecule has 3 nitrogen and oxygen atoms in total. The Kier molecular flexibility index (Phi) is 3.33. The second-order valence-corrected chi connectivity index (χ2v) is 3.51. The van der Waals surface area contributed by atoms with Gasteiger partial charge in [0.25, 0.3) is 0 Å². The van der Waals surface area contributed by atoms with Gasteiger partial charge in [0.05, 0.1) is 11.6 Å². The van der Waals surface area contributed by atoms with Gasteiger partial charge in [0.1, 0.15) is 11.5 Å². The van der Waals surface area contributed by atoms with E-state index in [1.54, 1.807) is 6.07 Å². The maximum absolute atomic E-state index is 13.4. The number of halogens is 4. The van der Waals surface area contributed by atoms with E-state index >= 15 is 0 Å². The van der Waals surface area contributed by atoms with Crippen molar-refractivity contribution in [1.29, 1.82) is 5.26 Å². The van der Waals surface area contributed by atoms with Crippen molar-refractivity contribution >= 4 is 11.5 Å². The molecule has 19 heavy (non-hydrogen) atoms. The Labute approximate surface area is 105 Å². The van der Waals surface area contributed by atoms with E-state index in [2.05, 4.69) is 10.3 Å². The van der Waals surface area contributed by atoms with E-state index < -0.39 is 29.0 Å². The second-order valence-electron chi connectivity index (χ2n) is 3.51. The largest absolute Gasteiger partial charge is 0.335 e. The van der Waals surface area contributed by atoms with Gasteiger partial charge in [0.2, 0.25) is 0 Å². The maximum Gasteiger partial charge on any atom is 0.185 e. The molecule has 2 aromatic rings. The van der Waals surface area contributed by atoms with Gasteiger partial charge in [-0.3, -0.25) is 0 Å². The van der Waals surface area contributed by atoms with Crippen molar-refractivity contribution in [2.24, 2.45) is 0 Å². The van der Waals surface area contributed by atoms with Crippen LogP contribution >= 0.6 is 0 Å². The molecule has 1 aromatic heterocycles. The molecular weight excluding hydrogens is 262 g/mol. The topological polar surface area (TPSA) is 48.7 Å². The lowest BCUT2D eigenvalue weighted by Crippen LogP contribution is -2.04. The molecule has 1 aromatic carbocycles. The smallest absolute Gasteiger partial charge is 0.185 e. The van der Waals surface area contributed by atoms with Crippen LogP contribution in [0, 0.1) is 34.6 Å². The summed E-state index contributed by atoms with van der Waals surface area (Å²) in [5.41, 5.74) is -0.824. The first-order chi connectivity index (χ1) is 9.02. The fourth-order valence-corrected chi connectivity index (χ4v) is 1.38. The number of hydrogen-bond acceptors (Lipinski definition) is 3. The second kappa shape index (κ2) is 4.94. The number of benzene rings is 1. The van der Waals surface area contributed by atoms with E-state index in [9.17, 15) is 17.6 Å². The molecule has 7 heteroatoms. The first-order valence-electron chi connectivity index (χ1n) is 4.99. The molecule has 0 spiro atoms. The zero-order valence-corrected chi connectivity index (χ0v) is 9.22. The molecule has 0 bridgehead atoms. The number of rotatable bonds is 2. The quantitative estimate of drug-likeness (QED) is 0.671. The highest BCUT2D eigenvalue weighted by atomic mass is 19.2. The highest BCUT2D eigenvalue weighted by Crippen LogP contribution is 2.26. The molecule has 0 aliphatic carbocycles. The molecule has 0 saturated carbocycles. The van der Waals surface area contributed by atoms with Gasteiger partial charge in [-0.1, -0.05) is 0 Å². The first kappa shape index (κ1) is 12.8. The van der Waals surface area contributed by atoms with Crippen LogP contribution in [0.2, 0.25) is 0 Å². The lowest BCUT2D eigenvalue weighted by atomic mass is 10.2. The summed E-state index contributed by atoms with van der Waals surface area (Å²) in [4.78, 5) is 3.68. The van der Waals surface area contributed by atoms with Gasteiger partial charge in [-0.25, -0.2) is 22.5 Å². The van der Waals surface area contributed by atoms with Crippen molar-refractivity contribution in [2.45, 2.75) is 0 Å². The summed E-state index contributed by atoms with van der Waals surface area (Å²) in [7, 11) is 0. The van der Waals surface area contributed by atoms with E-state index in [0.717, 1.165) is 0 Å². The predicted octanol–water partition coefficient (Wildman–Crippen LogP) is 3.25. The van der Waals surface area contributed by atoms with Gasteiger partial charge in [-0.2, -0.15) is 5.26 Å². The number of aromatic nitrogens is 1. The molecular formula is C12H5F4N3. The van der Waals surface area contributed by atoms with Crippen LogP contribution in [-0.2, 0) is 0 Å². The van der Waals surface area contributed by atoms with E-state index in [-0.39, 0.29) is 17.4 Å². The summed E-state index contributed by atoms with van der Waals surface area (Å²) in [5, 5.41) is 10.8. The molecule has 96 valence electrons. The van der Waals surface area contributed by atoms with E-state index in [4.69, 9.17) is 5.26 Å². The summed E-state index contributed by atoms with van der Waals surface area (Å²) in [6, 6.07) is 4.44. The number of nitriles is 1. The van der Waals surface area contributed by atoms with Gasteiger partial charge >= 0.3 is 0 Å². The third-order valence-electron chi connectivity index (χ3n) is 2.25. The number of anilines is 2. The van der Waals surface area contributed by atoms with Crippen LogP contribution < -0.4 is 5.32 Å². The maximum atomic E-state index is 13.4. The highest BCUT2D eigenvalue weighted by Gasteiger charge is 2.19. The van der Waals surface area contributed by atoms with Crippen LogP contribution in [0.15, 0.2) is 24.4 Å². The summed E-state index contributed by atoms with van der Waals surface area (Å²) < 4.78 is 52.7. The number of pyridine rings is 1. The molecule has 0 atom stereocenters. The van der Waals surface area contributed by atoms with Crippen molar-refractivity contribution < 1.29 is 17.6 Å². The lowest BCUT2D eigenvalue weighted by Gasteiger charge is -2.09. The Morgan fingerprint density at radius 2 is 1.68 bits per heavy atom. The molecule has 0 saturated heterocycles. The van der Waals surface area contributed by atoms with Crippen LogP contribution in [0.4, 0.5) is 29.1 Å². The zero-order valence-electron chi connectivity index (χ0n) is 9.22. The van der Waals surface area contributed by atoms with Crippen molar-refractivity contribution in [1.82, 2.24) is 4.98 Å². The van der Waals surface area contributed by atoms with Crippen LogP contribution in [0.3, 0.4) is 0 Å². The molecule has 0 amide bonds. The minimum Gasteiger partial charge on any atom is -0.335 e. The number of nitrogens with one attached hydrogen (secondary N) is 1. The normalized spacial score (nSPS) is 10.1. The molecule has 0 fully saturated rings. The SMILES string of the molecule is N#Cc1ccnc(Nc2c(F)c(F)cc(F)c2F)c1. The van der Waals surface area contributed by atoms with E-state index in [1.165, 1.54) is 18.3 Å². The molecule has 0 aliphatic heterocycles. The van der Waals surface area contributed by atoms with Crippen molar-refractivity contribution in [3.8, 4) is 6.07 Å². The van der Waals surface area contributed by atoms with Crippen molar-refractivity contribution in [3.05, 3.63) is 53.2 Å². The number of nitrogens with zero attached hydrogens (tertiary/aromatic N) is 2. The summed E-state index contributed by atoms with van der Waals surface area (Å²) in [6.07, 6.45) is 1.21. The van der Waals surface area contributed by atoms with Gasteiger partial charge in [-0.05, 0) is 12.1 Å². The zero-order chi connectivity index (χ0) is 14.0. The Morgan fingerprint density at radius 3 is 2.26 bits per heavy atom. The Morgan fingerprint density at radius 1 is 1.05 bits per heavy atom. The summed E-state index contributed by atoms with van der Waals surface area (Å²) >= 11 is 0. The molecule has 0 unspecified atom stereocenters. The Bertz CT molecular complexity index is 653. The van der Waals surface area contributed by atoms with Crippen molar-refractivity contribution in [2.75, 3.05) is 5.32 Å². The Hall–Kier alpha value is -2.62. The van der Waals surface area contributed by atoms with Crippen molar-refractivity contribution in [3.63, 3.8) is 0 Å². The third-order valence-corrected chi connectivity index (χ3v) is 2.25. The third kappa shape index (κ3) is 2.47.